The summed E-state index contributed by atoms with van der Waals surface area (Å²) >= 11 is 11.7. The van der Waals surface area contributed by atoms with E-state index in [1.807, 2.05) is 0 Å². The normalized spacial score (nSPS) is 10.6. The Bertz CT molecular complexity index is 972. The number of rotatable bonds is 4. The van der Waals surface area contributed by atoms with Crippen molar-refractivity contribution in [2.45, 2.75) is 0 Å². The van der Waals surface area contributed by atoms with Crippen molar-refractivity contribution in [3.8, 4) is 5.75 Å². The van der Waals surface area contributed by atoms with Crippen molar-refractivity contribution in [3.63, 3.8) is 0 Å². The number of carbonyl (C=O) groups is 1. The number of nitrogens with one attached hydrogen (secondary N) is 1. The van der Waals surface area contributed by atoms with Crippen molar-refractivity contribution in [2.24, 2.45) is 0 Å². The van der Waals surface area contributed by atoms with Gasteiger partial charge in [-0.1, -0.05) is 35.3 Å². The zero-order valence-corrected chi connectivity index (χ0v) is 13.7. The van der Waals surface area contributed by atoms with Crippen LogP contribution in [0.2, 0.25) is 10.0 Å². The van der Waals surface area contributed by atoms with Gasteiger partial charge in [0, 0.05) is 5.02 Å². The summed E-state index contributed by atoms with van der Waals surface area (Å²) < 4.78 is 6.33. The SMILES string of the molecule is O=C(COc1ccc(Cl)cc1Cl)Nn1cnc2ccccc2c1=O. The number of para-hydroxylation sites is 1. The Morgan fingerprint density at radius 3 is 2.79 bits per heavy atom. The predicted molar refractivity (Wildman–Crippen MR) is 92.3 cm³/mol. The lowest BCUT2D eigenvalue weighted by Gasteiger charge is -2.10. The maximum Gasteiger partial charge on any atom is 0.280 e. The van der Waals surface area contributed by atoms with Crippen LogP contribution in [0.1, 0.15) is 0 Å². The molecule has 1 N–H and O–H groups in total. The van der Waals surface area contributed by atoms with E-state index in [0.717, 1.165) is 4.68 Å². The molecule has 3 aromatic rings. The molecule has 0 fully saturated rings. The van der Waals surface area contributed by atoms with E-state index in [2.05, 4.69) is 10.4 Å². The minimum Gasteiger partial charge on any atom is -0.482 e. The smallest absolute Gasteiger partial charge is 0.280 e. The lowest BCUT2D eigenvalue weighted by atomic mass is 10.2. The number of fused-ring (bicyclic) bond motifs is 1. The highest BCUT2D eigenvalue weighted by molar-refractivity contribution is 6.35. The van der Waals surface area contributed by atoms with Crippen molar-refractivity contribution in [3.05, 3.63) is 69.2 Å². The van der Waals surface area contributed by atoms with E-state index in [-0.39, 0.29) is 12.2 Å². The number of carbonyl (C=O) groups excluding carboxylic acids is 1. The molecule has 0 aliphatic rings. The summed E-state index contributed by atoms with van der Waals surface area (Å²) in [6, 6.07) is 11.5. The first kappa shape index (κ1) is 16.3. The molecule has 0 saturated heterocycles. The number of hydrogen-bond donors (Lipinski definition) is 1. The van der Waals surface area contributed by atoms with E-state index in [1.165, 1.54) is 12.4 Å². The number of benzene rings is 2. The Labute approximate surface area is 146 Å². The van der Waals surface area contributed by atoms with Crippen molar-refractivity contribution in [1.29, 1.82) is 0 Å². The summed E-state index contributed by atoms with van der Waals surface area (Å²) in [5.41, 5.74) is 2.59. The van der Waals surface area contributed by atoms with E-state index in [9.17, 15) is 9.59 Å². The lowest BCUT2D eigenvalue weighted by Crippen LogP contribution is -2.35. The molecule has 1 heterocycles. The zero-order valence-electron chi connectivity index (χ0n) is 12.2. The minimum absolute atomic E-state index is 0.292. The number of hydrogen-bond acceptors (Lipinski definition) is 4. The molecule has 0 unspecified atom stereocenters. The first-order valence-electron chi connectivity index (χ1n) is 6.89. The van der Waals surface area contributed by atoms with Crippen LogP contribution >= 0.6 is 23.2 Å². The predicted octanol–water partition coefficient (Wildman–Crippen LogP) is 2.85. The molecular formula is C16H11Cl2N3O3. The van der Waals surface area contributed by atoms with Gasteiger partial charge in [0.15, 0.2) is 6.61 Å². The molecule has 0 radical (unpaired) electrons. The third-order valence-electron chi connectivity index (χ3n) is 3.16. The van der Waals surface area contributed by atoms with Crippen molar-refractivity contribution >= 4 is 40.0 Å². The average molecular weight is 364 g/mol. The fourth-order valence-corrected chi connectivity index (χ4v) is 2.51. The highest BCUT2D eigenvalue weighted by Gasteiger charge is 2.09. The molecule has 3 rings (SSSR count). The van der Waals surface area contributed by atoms with Crippen molar-refractivity contribution in [1.82, 2.24) is 9.66 Å². The van der Waals surface area contributed by atoms with Gasteiger partial charge < -0.3 is 4.74 Å². The van der Waals surface area contributed by atoms with Gasteiger partial charge in [0.25, 0.3) is 11.5 Å². The summed E-state index contributed by atoms with van der Waals surface area (Å²) in [7, 11) is 0. The molecule has 0 saturated carbocycles. The van der Waals surface area contributed by atoms with Crippen LogP contribution in [-0.2, 0) is 4.79 Å². The first-order valence-corrected chi connectivity index (χ1v) is 7.64. The minimum atomic E-state index is -0.528. The number of aromatic nitrogens is 2. The Hall–Kier alpha value is -2.57. The standard InChI is InChI=1S/C16H11Cl2N3O3/c17-10-5-6-14(12(18)7-10)24-8-15(22)20-21-9-19-13-4-2-1-3-11(13)16(21)23/h1-7,9H,8H2,(H,20,22). The van der Waals surface area contributed by atoms with Gasteiger partial charge in [-0.05, 0) is 30.3 Å². The van der Waals surface area contributed by atoms with Crippen LogP contribution < -0.4 is 15.7 Å². The second-order valence-corrected chi connectivity index (χ2v) is 5.68. The summed E-state index contributed by atoms with van der Waals surface area (Å²) in [5.74, 6) is -0.208. The van der Waals surface area contributed by atoms with E-state index in [0.29, 0.717) is 26.7 Å². The van der Waals surface area contributed by atoms with Crippen LogP contribution in [0, 0.1) is 0 Å². The summed E-state index contributed by atoms with van der Waals surface area (Å²) in [4.78, 5) is 28.3. The number of amides is 1. The van der Waals surface area contributed by atoms with Gasteiger partial charge in [0.2, 0.25) is 0 Å². The molecule has 6 nitrogen and oxygen atoms in total. The quantitative estimate of drug-likeness (QED) is 0.773. The van der Waals surface area contributed by atoms with Crippen LogP contribution in [0.15, 0.2) is 53.6 Å². The van der Waals surface area contributed by atoms with E-state index < -0.39 is 5.91 Å². The van der Waals surface area contributed by atoms with Crippen LogP contribution in [0.3, 0.4) is 0 Å². The second kappa shape index (κ2) is 6.90. The van der Waals surface area contributed by atoms with Crippen LogP contribution in [0.25, 0.3) is 10.9 Å². The van der Waals surface area contributed by atoms with Gasteiger partial charge in [-0.25, -0.2) is 9.66 Å². The van der Waals surface area contributed by atoms with Crippen LogP contribution in [0.4, 0.5) is 0 Å². The molecule has 0 atom stereocenters. The van der Waals surface area contributed by atoms with Crippen molar-refractivity contribution < 1.29 is 9.53 Å². The van der Waals surface area contributed by atoms with E-state index >= 15 is 0 Å². The average Bonchev–Trinajstić information content (AvgIpc) is 2.57. The second-order valence-electron chi connectivity index (χ2n) is 4.84. The number of nitrogens with zero attached hydrogens (tertiary/aromatic N) is 2. The van der Waals surface area contributed by atoms with Crippen LogP contribution in [-0.4, -0.2) is 22.2 Å². The van der Waals surface area contributed by atoms with Gasteiger partial charge in [-0.2, -0.15) is 0 Å². The maximum atomic E-state index is 12.3. The summed E-state index contributed by atoms with van der Waals surface area (Å²) in [5, 5.41) is 1.16. The van der Waals surface area contributed by atoms with Crippen molar-refractivity contribution in [2.75, 3.05) is 12.0 Å². The van der Waals surface area contributed by atoms with Gasteiger partial charge in [-0.3, -0.25) is 15.0 Å². The molecule has 0 aliphatic heterocycles. The molecule has 0 spiro atoms. The molecule has 0 aliphatic carbocycles. The number of ether oxygens (including phenoxy) is 1. The first-order chi connectivity index (χ1) is 11.5. The third kappa shape index (κ3) is 3.50. The van der Waals surface area contributed by atoms with Gasteiger partial charge in [0.05, 0.1) is 15.9 Å². The summed E-state index contributed by atoms with van der Waals surface area (Å²) in [6.07, 6.45) is 1.25. The lowest BCUT2D eigenvalue weighted by molar-refractivity contribution is -0.119. The Balaban J connectivity index is 1.71. The summed E-state index contributed by atoms with van der Waals surface area (Å²) in [6.45, 7) is -0.319. The Morgan fingerprint density at radius 1 is 1.21 bits per heavy atom. The highest BCUT2D eigenvalue weighted by Crippen LogP contribution is 2.27. The molecular weight excluding hydrogens is 353 g/mol. The largest absolute Gasteiger partial charge is 0.482 e. The van der Waals surface area contributed by atoms with Gasteiger partial charge in [-0.15, -0.1) is 0 Å². The van der Waals surface area contributed by atoms with Gasteiger partial charge in [0.1, 0.15) is 12.1 Å². The molecule has 1 amide bonds. The molecule has 0 bridgehead atoms. The molecule has 2 aromatic carbocycles. The highest BCUT2D eigenvalue weighted by atomic mass is 35.5. The third-order valence-corrected chi connectivity index (χ3v) is 3.69. The maximum absolute atomic E-state index is 12.3. The van der Waals surface area contributed by atoms with E-state index in [4.69, 9.17) is 27.9 Å². The molecule has 8 heteroatoms. The Morgan fingerprint density at radius 2 is 2.00 bits per heavy atom. The van der Waals surface area contributed by atoms with Gasteiger partial charge >= 0.3 is 0 Å². The van der Waals surface area contributed by atoms with Crippen LogP contribution in [0.5, 0.6) is 5.75 Å². The zero-order chi connectivity index (χ0) is 17.1. The molecule has 24 heavy (non-hydrogen) atoms. The monoisotopic (exact) mass is 363 g/mol. The number of halogens is 2. The Kier molecular flexibility index (Phi) is 4.69. The fourth-order valence-electron chi connectivity index (χ4n) is 2.05. The topological polar surface area (TPSA) is 73.2 Å². The molecule has 122 valence electrons. The van der Waals surface area contributed by atoms with E-state index in [1.54, 1.807) is 36.4 Å². The molecule has 1 aromatic heterocycles. The fraction of sp³-hybridized carbons (Fsp3) is 0.0625.